The quantitative estimate of drug-likeness (QED) is 0.659. The van der Waals surface area contributed by atoms with Crippen LogP contribution in [0.5, 0.6) is 0 Å². The normalized spacial score (nSPS) is 25.8. The summed E-state index contributed by atoms with van der Waals surface area (Å²) >= 11 is 3.44. The summed E-state index contributed by atoms with van der Waals surface area (Å²) < 4.78 is 1.20. The highest BCUT2D eigenvalue weighted by atomic mass is 79.9. The lowest BCUT2D eigenvalue weighted by Gasteiger charge is -2.12. The van der Waals surface area contributed by atoms with Crippen molar-refractivity contribution >= 4 is 21.6 Å². The monoisotopic (exact) mass is 214 g/mol. The van der Waals surface area contributed by atoms with Crippen molar-refractivity contribution in [3.8, 4) is 0 Å². The summed E-state index contributed by atoms with van der Waals surface area (Å²) in [5.41, 5.74) is 7.55. The van der Waals surface area contributed by atoms with E-state index >= 15 is 0 Å². The van der Waals surface area contributed by atoms with Crippen molar-refractivity contribution < 1.29 is 0 Å². The Kier molecular flexibility index (Phi) is 2.88. The van der Waals surface area contributed by atoms with Crippen LogP contribution in [0, 0.1) is 0 Å². The first-order valence-electron chi connectivity index (χ1n) is 3.52. The third-order valence-electron chi connectivity index (χ3n) is 1.70. The Bertz CT molecular complexity index is 238. The van der Waals surface area contributed by atoms with E-state index in [2.05, 4.69) is 20.9 Å². The van der Waals surface area contributed by atoms with Crippen LogP contribution in [0.4, 0.5) is 0 Å². The Balaban J connectivity index is 2.94. The van der Waals surface area contributed by atoms with Crippen LogP contribution in [-0.4, -0.2) is 12.8 Å². The molecule has 0 aromatic rings. The molecular weight excluding hydrogens is 204 g/mol. The number of hydrogen-bond acceptors (Lipinski definition) is 2. The molecule has 2 nitrogen and oxygen atoms in total. The van der Waals surface area contributed by atoms with E-state index in [1.165, 1.54) is 4.48 Å². The zero-order valence-corrected chi connectivity index (χ0v) is 8.06. The molecule has 0 aromatic carbocycles. The van der Waals surface area contributed by atoms with E-state index in [0.717, 1.165) is 24.1 Å². The van der Waals surface area contributed by atoms with Crippen LogP contribution >= 0.6 is 15.9 Å². The lowest BCUT2D eigenvalue weighted by atomic mass is 10.0. The van der Waals surface area contributed by atoms with Crippen LogP contribution in [0.25, 0.3) is 0 Å². The van der Waals surface area contributed by atoms with Gasteiger partial charge in [-0.05, 0) is 23.4 Å². The van der Waals surface area contributed by atoms with Crippen molar-refractivity contribution in [1.82, 2.24) is 0 Å². The van der Waals surface area contributed by atoms with Crippen molar-refractivity contribution in [3.05, 3.63) is 22.3 Å². The SMILES string of the molecule is CN=C1CCC(Br)=CC1=CN. The van der Waals surface area contributed by atoms with E-state index in [1.807, 2.05) is 6.08 Å². The van der Waals surface area contributed by atoms with Gasteiger partial charge in [-0.3, -0.25) is 4.99 Å². The molecule has 2 N–H and O–H groups in total. The fourth-order valence-corrected chi connectivity index (χ4v) is 1.54. The van der Waals surface area contributed by atoms with Gasteiger partial charge < -0.3 is 5.73 Å². The van der Waals surface area contributed by atoms with Gasteiger partial charge in [0.25, 0.3) is 0 Å². The van der Waals surface area contributed by atoms with Gasteiger partial charge in [-0.25, -0.2) is 0 Å². The minimum Gasteiger partial charge on any atom is -0.404 e. The smallest absolute Gasteiger partial charge is 0.0435 e. The molecule has 0 atom stereocenters. The molecule has 11 heavy (non-hydrogen) atoms. The molecule has 0 heterocycles. The molecule has 0 radical (unpaired) electrons. The predicted molar refractivity (Wildman–Crippen MR) is 51.9 cm³/mol. The summed E-state index contributed by atoms with van der Waals surface area (Å²) in [6.45, 7) is 0. The summed E-state index contributed by atoms with van der Waals surface area (Å²) in [5.74, 6) is 0. The Hall–Kier alpha value is -0.570. The van der Waals surface area contributed by atoms with Gasteiger partial charge in [-0.15, -0.1) is 0 Å². The third kappa shape index (κ3) is 1.93. The van der Waals surface area contributed by atoms with Crippen LogP contribution in [0.3, 0.4) is 0 Å². The van der Waals surface area contributed by atoms with Gasteiger partial charge in [0.15, 0.2) is 0 Å². The molecule has 0 fully saturated rings. The largest absolute Gasteiger partial charge is 0.404 e. The minimum atomic E-state index is 0.983. The van der Waals surface area contributed by atoms with E-state index in [9.17, 15) is 0 Å². The number of rotatable bonds is 0. The third-order valence-corrected chi connectivity index (χ3v) is 2.32. The van der Waals surface area contributed by atoms with Crippen LogP contribution in [-0.2, 0) is 0 Å². The topological polar surface area (TPSA) is 38.4 Å². The highest BCUT2D eigenvalue weighted by molar-refractivity contribution is 9.11. The van der Waals surface area contributed by atoms with Gasteiger partial charge in [0.05, 0.1) is 0 Å². The second kappa shape index (κ2) is 3.72. The first-order valence-corrected chi connectivity index (χ1v) is 4.31. The fraction of sp³-hybridized carbons (Fsp3) is 0.375. The molecule has 0 aliphatic heterocycles. The standard InChI is InChI=1S/C8H11BrN2/c1-11-8-3-2-7(9)4-6(8)5-10/h4-5H,2-3,10H2,1H3. The molecule has 3 heteroatoms. The number of aliphatic imine (C=N–C) groups is 1. The molecule has 0 unspecified atom stereocenters. The van der Waals surface area contributed by atoms with Crippen molar-refractivity contribution in [3.63, 3.8) is 0 Å². The van der Waals surface area contributed by atoms with Crippen molar-refractivity contribution in [2.24, 2.45) is 10.7 Å². The summed E-state index contributed by atoms with van der Waals surface area (Å²) in [7, 11) is 1.80. The number of hydrogen-bond donors (Lipinski definition) is 1. The lowest BCUT2D eigenvalue weighted by Crippen LogP contribution is -2.07. The molecule has 1 aliphatic carbocycles. The van der Waals surface area contributed by atoms with Crippen molar-refractivity contribution in [1.29, 1.82) is 0 Å². The van der Waals surface area contributed by atoms with Crippen molar-refractivity contribution in [2.45, 2.75) is 12.8 Å². The van der Waals surface area contributed by atoms with E-state index in [4.69, 9.17) is 5.73 Å². The van der Waals surface area contributed by atoms with Gasteiger partial charge in [0, 0.05) is 24.5 Å². The number of allylic oxidation sites excluding steroid dienone is 3. The van der Waals surface area contributed by atoms with E-state index in [-0.39, 0.29) is 0 Å². The summed E-state index contributed by atoms with van der Waals surface area (Å²) in [5, 5.41) is 0. The Morgan fingerprint density at radius 1 is 1.64 bits per heavy atom. The number of nitrogens with two attached hydrogens (primary N) is 1. The minimum absolute atomic E-state index is 0.983. The maximum atomic E-state index is 5.42. The molecule has 1 aliphatic rings. The van der Waals surface area contributed by atoms with Crippen LogP contribution in [0.2, 0.25) is 0 Å². The first kappa shape index (κ1) is 8.53. The van der Waals surface area contributed by atoms with Gasteiger partial charge in [0.2, 0.25) is 0 Å². The van der Waals surface area contributed by atoms with E-state index in [0.29, 0.717) is 0 Å². The molecule has 0 saturated heterocycles. The molecule has 1 rings (SSSR count). The van der Waals surface area contributed by atoms with Gasteiger partial charge in [0.1, 0.15) is 0 Å². The first-order chi connectivity index (χ1) is 5.27. The molecule has 0 saturated carbocycles. The van der Waals surface area contributed by atoms with E-state index < -0.39 is 0 Å². The second-order valence-corrected chi connectivity index (χ2v) is 3.40. The Morgan fingerprint density at radius 3 is 2.91 bits per heavy atom. The Labute approximate surface area is 75.0 Å². The van der Waals surface area contributed by atoms with Crippen LogP contribution in [0.15, 0.2) is 27.3 Å². The van der Waals surface area contributed by atoms with Crippen LogP contribution < -0.4 is 5.73 Å². The van der Waals surface area contributed by atoms with E-state index in [1.54, 1.807) is 13.2 Å². The second-order valence-electron chi connectivity index (χ2n) is 2.38. The zero-order chi connectivity index (χ0) is 8.27. The molecular formula is C8H11BrN2. The molecule has 0 bridgehead atoms. The summed E-state index contributed by atoms with van der Waals surface area (Å²) in [4.78, 5) is 4.14. The van der Waals surface area contributed by atoms with Gasteiger partial charge in [-0.1, -0.05) is 15.9 Å². The van der Waals surface area contributed by atoms with Gasteiger partial charge >= 0.3 is 0 Å². The maximum Gasteiger partial charge on any atom is 0.0435 e. The highest BCUT2D eigenvalue weighted by Crippen LogP contribution is 2.23. The summed E-state index contributed by atoms with van der Waals surface area (Å²) in [6.07, 6.45) is 5.63. The number of halogens is 1. The fourth-order valence-electron chi connectivity index (χ4n) is 1.09. The zero-order valence-electron chi connectivity index (χ0n) is 6.47. The van der Waals surface area contributed by atoms with Crippen molar-refractivity contribution in [2.75, 3.05) is 7.05 Å². The average molecular weight is 215 g/mol. The maximum absolute atomic E-state index is 5.42. The molecule has 0 spiro atoms. The molecule has 0 aromatic heterocycles. The molecule has 60 valence electrons. The van der Waals surface area contributed by atoms with Gasteiger partial charge in [-0.2, -0.15) is 0 Å². The summed E-state index contributed by atoms with van der Waals surface area (Å²) in [6, 6.07) is 0. The van der Waals surface area contributed by atoms with Crippen LogP contribution in [0.1, 0.15) is 12.8 Å². The highest BCUT2D eigenvalue weighted by Gasteiger charge is 2.10. The molecule has 0 amide bonds. The number of nitrogens with zero attached hydrogens (tertiary/aromatic N) is 1. The predicted octanol–water partition coefficient (Wildman–Crippen LogP) is 1.97. The average Bonchev–Trinajstić information content (AvgIpc) is 2.04. The Morgan fingerprint density at radius 2 is 2.36 bits per heavy atom. The lowest BCUT2D eigenvalue weighted by molar-refractivity contribution is 1.05.